The fourth-order valence-corrected chi connectivity index (χ4v) is 2.66. The molecule has 0 aliphatic heterocycles. The number of benzene rings is 1. The average molecular weight is 262 g/mol. The van der Waals surface area contributed by atoms with Crippen molar-refractivity contribution in [2.75, 3.05) is 18.5 Å². The highest BCUT2D eigenvalue weighted by molar-refractivity contribution is 5.92. The van der Waals surface area contributed by atoms with Crippen LogP contribution in [0.25, 0.3) is 0 Å². The van der Waals surface area contributed by atoms with Crippen molar-refractivity contribution in [3.63, 3.8) is 0 Å². The molecular weight excluding hydrogens is 240 g/mol. The molecule has 4 heteroatoms. The molecule has 1 aromatic carbocycles. The number of aliphatic hydroxyl groups is 1. The first-order chi connectivity index (χ1) is 9.20. The van der Waals surface area contributed by atoms with E-state index < -0.39 is 0 Å². The predicted molar refractivity (Wildman–Crippen MR) is 76.0 cm³/mol. The number of aryl methyl sites for hydroxylation is 1. The zero-order valence-electron chi connectivity index (χ0n) is 11.4. The van der Waals surface area contributed by atoms with E-state index in [4.69, 9.17) is 0 Å². The second-order valence-corrected chi connectivity index (χ2v) is 5.22. The molecule has 1 fully saturated rings. The molecule has 1 saturated carbocycles. The zero-order chi connectivity index (χ0) is 13.7. The summed E-state index contributed by atoms with van der Waals surface area (Å²) >= 11 is 0. The maximum Gasteiger partial charge on any atom is 0.238 e. The summed E-state index contributed by atoms with van der Waals surface area (Å²) in [6.45, 7) is 2.48. The van der Waals surface area contributed by atoms with Crippen LogP contribution < -0.4 is 10.6 Å². The molecule has 2 unspecified atom stereocenters. The van der Waals surface area contributed by atoms with Crippen molar-refractivity contribution in [1.82, 2.24) is 5.32 Å². The summed E-state index contributed by atoms with van der Waals surface area (Å²) in [5, 5.41) is 15.4. The third-order valence-electron chi connectivity index (χ3n) is 3.84. The minimum atomic E-state index is -0.0297. The van der Waals surface area contributed by atoms with Crippen molar-refractivity contribution < 1.29 is 9.90 Å². The zero-order valence-corrected chi connectivity index (χ0v) is 11.4. The van der Waals surface area contributed by atoms with E-state index in [2.05, 4.69) is 10.6 Å². The second-order valence-electron chi connectivity index (χ2n) is 5.22. The Morgan fingerprint density at radius 3 is 2.89 bits per heavy atom. The number of rotatable bonds is 5. The molecule has 2 atom stereocenters. The van der Waals surface area contributed by atoms with Crippen LogP contribution in [-0.4, -0.2) is 30.2 Å². The molecule has 0 aromatic heterocycles. The first kappa shape index (κ1) is 14.0. The molecule has 0 heterocycles. The summed E-state index contributed by atoms with van der Waals surface area (Å²) in [7, 11) is 0. The molecule has 1 aliphatic carbocycles. The number of aliphatic hydroxyl groups excluding tert-OH is 1. The van der Waals surface area contributed by atoms with Crippen LogP contribution in [-0.2, 0) is 4.79 Å². The van der Waals surface area contributed by atoms with Gasteiger partial charge in [-0.2, -0.15) is 0 Å². The van der Waals surface area contributed by atoms with E-state index in [1.165, 1.54) is 0 Å². The lowest BCUT2D eigenvalue weighted by Gasteiger charge is -2.18. The molecule has 0 bridgehead atoms. The topological polar surface area (TPSA) is 61.4 Å². The summed E-state index contributed by atoms with van der Waals surface area (Å²) in [6.07, 6.45) is 3.22. The van der Waals surface area contributed by atoms with Gasteiger partial charge in [0.15, 0.2) is 0 Å². The maximum atomic E-state index is 11.9. The second kappa shape index (κ2) is 6.68. The van der Waals surface area contributed by atoms with Crippen LogP contribution >= 0.6 is 0 Å². The monoisotopic (exact) mass is 262 g/mol. The van der Waals surface area contributed by atoms with Crippen molar-refractivity contribution in [3.8, 4) is 0 Å². The van der Waals surface area contributed by atoms with Crippen molar-refractivity contribution >= 4 is 11.6 Å². The molecule has 0 saturated heterocycles. The Labute approximate surface area is 114 Å². The van der Waals surface area contributed by atoms with Gasteiger partial charge in [-0.3, -0.25) is 4.79 Å². The van der Waals surface area contributed by atoms with Crippen molar-refractivity contribution in [3.05, 3.63) is 29.8 Å². The molecule has 1 aromatic rings. The fraction of sp³-hybridized carbons (Fsp3) is 0.533. The lowest BCUT2D eigenvalue weighted by atomic mass is 10.1. The molecule has 0 spiro atoms. The summed E-state index contributed by atoms with van der Waals surface area (Å²) in [5.41, 5.74) is 1.92. The molecular formula is C15H22N2O2. The van der Waals surface area contributed by atoms with E-state index in [-0.39, 0.29) is 18.6 Å². The van der Waals surface area contributed by atoms with Crippen LogP contribution in [0.4, 0.5) is 5.69 Å². The Kier molecular flexibility index (Phi) is 4.93. The van der Waals surface area contributed by atoms with Gasteiger partial charge in [-0.05, 0) is 37.3 Å². The summed E-state index contributed by atoms with van der Waals surface area (Å²) in [5.74, 6) is 0.268. The fourth-order valence-electron chi connectivity index (χ4n) is 2.66. The molecule has 0 radical (unpaired) electrons. The van der Waals surface area contributed by atoms with Gasteiger partial charge in [-0.1, -0.05) is 24.6 Å². The van der Waals surface area contributed by atoms with Crippen LogP contribution in [0, 0.1) is 12.8 Å². The van der Waals surface area contributed by atoms with E-state index in [1.54, 1.807) is 0 Å². The van der Waals surface area contributed by atoms with Gasteiger partial charge in [-0.25, -0.2) is 0 Å². The van der Waals surface area contributed by atoms with E-state index in [0.717, 1.165) is 30.5 Å². The summed E-state index contributed by atoms with van der Waals surface area (Å²) < 4.78 is 0. The Morgan fingerprint density at radius 2 is 2.16 bits per heavy atom. The Hall–Kier alpha value is -1.39. The first-order valence-corrected chi connectivity index (χ1v) is 6.90. The largest absolute Gasteiger partial charge is 0.396 e. The Bertz CT molecular complexity index is 434. The van der Waals surface area contributed by atoms with Crippen LogP contribution in [0.15, 0.2) is 24.3 Å². The highest BCUT2D eigenvalue weighted by atomic mass is 16.3. The van der Waals surface area contributed by atoms with Gasteiger partial charge < -0.3 is 15.7 Å². The number of carbonyl (C=O) groups excluding carboxylic acids is 1. The molecule has 4 nitrogen and oxygen atoms in total. The van der Waals surface area contributed by atoms with E-state index >= 15 is 0 Å². The van der Waals surface area contributed by atoms with Gasteiger partial charge in [0.2, 0.25) is 5.91 Å². The smallest absolute Gasteiger partial charge is 0.238 e. The normalized spacial score (nSPS) is 22.4. The third-order valence-corrected chi connectivity index (χ3v) is 3.84. The van der Waals surface area contributed by atoms with E-state index in [0.29, 0.717) is 12.5 Å². The third kappa shape index (κ3) is 3.78. The number of carbonyl (C=O) groups is 1. The number of amides is 1. The lowest BCUT2D eigenvalue weighted by molar-refractivity contribution is -0.115. The Balaban J connectivity index is 1.80. The van der Waals surface area contributed by atoms with Crippen molar-refractivity contribution in [1.29, 1.82) is 0 Å². The SMILES string of the molecule is Cc1ccccc1NC(=O)CNC1CCCC1CO. The number of hydrogen-bond donors (Lipinski definition) is 3. The predicted octanol–water partition coefficient (Wildman–Crippen LogP) is 1.68. The molecule has 19 heavy (non-hydrogen) atoms. The van der Waals surface area contributed by atoms with Crippen LogP contribution in [0.1, 0.15) is 24.8 Å². The van der Waals surface area contributed by atoms with Gasteiger partial charge in [0.25, 0.3) is 0 Å². The molecule has 2 rings (SSSR count). The highest BCUT2D eigenvalue weighted by Crippen LogP contribution is 2.24. The number of anilines is 1. The minimum absolute atomic E-state index is 0.0297. The van der Waals surface area contributed by atoms with Crippen LogP contribution in [0.5, 0.6) is 0 Å². The minimum Gasteiger partial charge on any atom is -0.396 e. The maximum absolute atomic E-state index is 11.9. The van der Waals surface area contributed by atoms with Gasteiger partial charge >= 0.3 is 0 Å². The van der Waals surface area contributed by atoms with Crippen LogP contribution in [0.3, 0.4) is 0 Å². The molecule has 1 aliphatic rings. The van der Waals surface area contributed by atoms with Crippen LogP contribution in [0.2, 0.25) is 0 Å². The van der Waals surface area contributed by atoms with Gasteiger partial charge in [0.1, 0.15) is 0 Å². The lowest BCUT2D eigenvalue weighted by Crippen LogP contribution is -2.39. The summed E-state index contributed by atoms with van der Waals surface area (Å²) in [6, 6.07) is 8.01. The quantitative estimate of drug-likeness (QED) is 0.756. The number of hydrogen-bond acceptors (Lipinski definition) is 3. The number of para-hydroxylation sites is 1. The van der Waals surface area contributed by atoms with E-state index in [9.17, 15) is 9.90 Å². The summed E-state index contributed by atoms with van der Waals surface area (Å²) in [4.78, 5) is 11.9. The van der Waals surface area contributed by atoms with Gasteiger partial charge in [0, 0.05) is 18.3 Å². The molecule has 1 amide bonds. The van der Waals surface area contributed by atoms with Crippen molar-refractivity contribution in [2.24, 2.45) is 5.92 Å². The highest BCUT2D eigenvalue weighted by Gasteiger charge is 2.26. The standard InChI is InChI=1S/C15H22N2O2/c1-11-5-2-3-7-13(11)17-15(19)9-16-14-8-4-6-12(14)10-18/h2-3,5,7,12,14,16,18H,4,6,8-10H2,1H3,(H,17,19). The first-order valence-electron chi connectivity index (χ1n) is 6.90. The Morgan fingerprint density at radius 1 is 1.37 bits per heavy atom. The number of nitrogens with one attached hydrogen (secondary N) is 2. The average Bonchev–Trinajstić information content (AvgIpc) is 2.86. The molecule has 3 N–H and O–H groups in total. The molecule has 104 valence electrons. The van der Waals surface area contributed by atoms with E-state index in [1.807, 2.05) is 31.2 Å². The van der Waals surface area contributed by atoms with Gasteiger partial charge in [-0.15, -0.1) is 0 Å². The van der Waals surface area contributed by atoms with Crippen molar-refractivity contribution in [2.45, 2.75) is 32.2 Å². The van der Waals surface area contributed by atoms with Gasteiger partial charge in [0.05, 0.1) is 6.54 Å².